The monoisotopic (exact) mass is 378 g/mol. The van der Waals surface area contributed by atoms with E-state index in [1.807, 2.05) is 0 Å². The number of rotatable bonds is 2. The van der Waals surface area contributed by atoms with Gasteiger partial charge in [-0.3, -0.25) is 4.79 Å². The number of nitriles is 1. The number of ether oxygens (including phenoxy) is 1. The van der Waals surface area contributed by atoms with Crippen LogP contribution >= 0.6 is 11.8 Å². The molecule has 0 saturated carbocycles. The van der Waals surface area contributed by atoms with Crippen molar-refractivity contribution in [2.75, 3.05) is 0 Å². The highest BCUT2D eigenvalue weighted by molar-refractivity contribution is 8.03. The predicted octanol–water partition coefficient (Wildman–Crippen LogP) is 3.78. The summed E-state index contributed by atoms with van der Waals surface area (Å²) in [7, 11) is 0. The number of fused-ring (bicyclic) bond motifs is 1. The first kappa shape index (κ1) is 17.7. The molecule has 1 aliphatic rings. The summed E-state index contributed by atoms with van der Waals surface area (Å²) in [5.41, 5.74) is 4.20. The maximum Gasteiger partial charge on any atom is 0.416 e. The first-order valence-corrected chi connectivity index (χ1v) is 7.87. The normalized spacial score (nSPS) is 15.0. The van der Waals surface area contributed by atoms with Gasteiger partial charge in [-0.1, -0.05) is 12.1 Å². The van der Waals surface area contributed by atoms with Gasteiger partial charge in [0.15, 0.2) is 10.7 Å². The van der Waals surface area contributed by atoms with Crippen LogP contribution in [0.25, 0.3) is 11.1 Å². The number of aromatic hydroxyl groups is 1. The first-order chi connectivity index (χ1) is 12.2. The van der Waals surface area contributed by atoms with Crippen molar-refractivity contribution in [3.63, 3.8) is 0 Å². The number of nitrogens with zero attached hydrogens (tertiary/aromatic N) is 1. The van der Waals surface area contributed by atoms with Crippen LogP contribution in [0.15, 0.2) is 52.0 Å². The summed E-state index contributed by atoms with van der Waals surface area (Å²) in [6.07, 6.45) is -4.53. The van der Waals surface area contributed by atoms with E-state index in [0.717, 1.165) is 23.9 Å². The summed E-state index contributed by atoms with van der Waals surface area (Å²) in [6.45, 7) is 0. The van der Waals surface area contributed by atoms with Crippen LogP contribution in [0.4, 0.5) is 13.2 Å². The second-order valence-corrected chi connectivity index (χ2v) is 6.26. The quantitative estimate of drug-likeness (QED) is 0.612. The van der Waals surface area contributed by atoms with E-state index >= 15 is 0 Å². The average Bonchev–Trinajstić information content (AvgIpc) is 2.97. The second kappa shape index (κ2) is 6.31. The van der Waals surface area contributed by atoms with Gasteiger partial charge in [0.1, 0.15) is 17.6 Å². The van der Waals surface area contributed by atoms with Gasteiger partial charge in [-0.15, -0.1) is 0 Å². The molecule has 0 saturated heterocycles. The van der Waals surface area contributed by atoms with Gasteiger partial charge in [0.2, 0.25) is 0 Å². The van der Waals surface area contributed by atoms with Crippen molar-refractivity contribution in [3.8, 4) is 28.7 Å². The van der Waals surface area contributed by atoms with Crippen LogP contribution in [0.5, 0.6) is 11.5 Å². The zero-order valence-corrected chi connectivity index (χ0v) is 13.6. The van der Waals surface area contributed by atoms with Crippen LogP contribution in [-0.4, -0.2) is 11.0 Å². The lowest BCUT2D eigenvalue weighted by Crippen LogP contribution is -2.15. The Hall–Kier alpha value is -3.12. The number of nitrogens with two attached hydrogens (primary N) is 1. The molecule has 132 valence electrons. The van der Waals surface area contributed by atoms with Gasteiger partial charge < -0.3 is 15.6 Å². The number of alkyl halides is 3. The number of phenolic OH excluding ortho intramolecular Hbond substituents is 1. The smallest absolute Gasteiger partial charge is 0.416 e. The number of amides is 1. The number of carbonyl (C=O) groups excluding carboxylic acids is 1. The molecule has 0 atom stereocenters. The van der Waals surface area contributed by atoms with E-state index in [2.05, 4.69) is 0 Å². The minimum atomic E-state index is -4.53. The summed E-state index contributed by atoms with van der Waals surface area (Å²) in [4.78, 5) is 11.7. The van der Waals surface area contributed by atoms with Gasteiger partial charge in [-0.25, -0.2) is 0 Å². The van der Waals surface area contributed by atoms with Crippen molar-refractivity contribution in [2.45, 2.75) is 11.1 Å². The van der Waals surface area contributed by atoms with E-state index in [1.165, 1.54) is 24.3 Å². The van der Waals surface area contributed by atoms with Gasteiger partial charge in [-0.2, -0.15) is 18.4 Å². The average molecular weight is 378 g/mol. The summed E-state index contributed by atoms with van der Waals surface area (Å²) in [5.74, 6) is -1.06. The summed E-state index contributed by atoms with van der Waals surface area (Å²) in [6, 6.07) is 8.70. The third kappa shape index (κ3) is 3.19. The van der Waals surface area contributed by atoms with E-state index in [-0.39, 0.29) is 27.7 Å². The second-order valence-electron chi connectivity index (χ2n) is 5.24. The van der Waals surface area contributed by atoms with Crippen LogP contribution in [0.3, 0.4) is 0 Å². The van der Waals surface area contributed by atoms with Crippen LogP contribution in [-0.2, 0) is 11.0 Å². The third-order valence-corrected chi connectivity index (χ3v) is 4.50. The lowest BCUT2D eigenvalue weighted by molar-refractivity contribution is -0.137. The number of thioether (sulfide) groups is 1. The van der Waals surface area contributed by atoms with Crippen molar-refractivity contribution in [1.29, 1.82) is 5.26 Å². The van der Waals surface area contributed by atoms with E-state index in [0.29, 0.717) is 4.90 Å². The highest BCUT2D eigenvalue weighted by atomic mass is 32.2. The molecule has 0 aromatic heterocycles. The van der Waals surface area contributed by atoms with Gasteiger partial charge in [0, 0.05) is 5.56 Å². The molecule has 0 aliphatic carbocycles. The Kier molecular flexibility index (Phi) is 4.29. The number of phenols is 1. The fourth-order valence-electron chi connectivity index (χ4n) is 2.36. The SMILES string of the molecule is N#C/C(C(N)=O)=C1/Oc2c(cc(O)cc2-c2cccc(C(F)(F)F)c2)S1. The zero-order valence-electron chi connectivity index (χ0n) is 12.8. The van der Waals surface area contributed by atoms with Crippen molar-refractivity contribution >= 4 is 17.7 Å². The molecule has 1 aliphatic heterocycles. The summed E-state index contributed by atoms with van der Waals surface area (Å²) in [5, 5.41) is 18.8. The Bertz CT molecular complexity index is 994. The predicted molar refractivity (Wildman–Crippen MR) is 86.9 cm³/mol. The molecule has 9 heteroatoms. The van der Waals surface area contributed by atoms with Crippen molar-refractivity contribution in [3.05, 3.63) is 52.6 Å². The molecule has 0 unspecified atom stereocenters. The Balaban J connectivity index is 2.15. The molecule has 1 amide bonds. The maximum atomic E-state index is 13.0. The van der Waals surface area contributed by atoms with Gasteiger partial charge in [-0.05, 0) is 41.6 Å². The standard InChI is InChI=1S/C17H9F3N2O3S/c18-17(19,20)9-3-1-2-8(4-9)11-5-10(23)6-13-14(11)25-16(26-13)12(7-21)15(22)24/h1-6,23H,(H2,22,24)/b16-12+. The van der Waals surface area contributed by atoms with Crippen LogP contribution < -0.4 is 10.5 Å². The fourth-order valence-corrected chi connectivity index (χ4v) is 3.36. The van der Waals surface area contributed by atoms with Crippen LogP contribution in [0.1, 0.15) is 5.56 Å². The van der Waals surface area contributed by atoms with Gasteiger partial charge in [0.05, 0.1) is 10.5 Å². The number of hydrogen-bond donors (Lipinski definition) is 2. The fraction of sp³-hybridized carbons (Fsp3) is 0.0588. The van der Waals surface area contributed by atoms with E-state index in [9.17, 15) is 23.1 Å². The van der Waals surface area contributed by atoms with Crippen LogP contribution in [0.2, 0.25) is 0 Å². The summed E-state index contributed by atoms with van der Waals surface area (Å²) < 4.78 is 44.4. The van der Waals surface area contributed by atoms with Crippen LogP contribution in [0, 0.1) is 11.3 Å². The topological polar surface area (TPSA) is 96.3 Å². The number of halogens is 3. The first-order valence-electron chi connectivity index (χ1n) is 7.05. The minimum absolute atomic E-state index is 0.0891. The summed E-state index contributed by atoms with van der Waals surface area (Å²) >= 11 is 0.882. The number of primary amides is 1. The molecule has 0 spiro atoms. The Labute approximate surface area is 149 Å². The molecule has 2 aromatic rings. The molecule has 0 radical (unpaired) electrons. The third-order valence-electron chi connectivity index (χ3n) is 3.50. The molecule has 5 nitrogen and oxygen atoms in total. The molecule has 3 rings (SSSR count). The largest absolute Gasteiger partial charge is 0.508 e. The number of carbonyl (C=O) groups is 1. The zero-order chi connectivity index (χ0) is 19.1. The molecule has 3 N–H and O–H groups in total. The molecule has 26 heavy (non-hydrogen) atoms. The Morgan fingerprint density at radius 2 is 2.00 bits per heavy atom. The Morgan fingerprint density at radius 3 is 2.62 bits per heavy atom. The number of benzene rings is 2. The molecule has 0 fully saturated rings. The lowest BCUT2D eigenvalue weighted by Gasteiger charge is -2.11. The molecule has 2 aromatic carbocycles. The van der Waals surface area contributed by atoms with Crippen molar-refractivity contribution in [1.82, 2.24) is 0 Å². The van der Waals surface area contributed by atoms with E-state index < -0.39 is 23.2 Å². The maximum absolute atomic E-state index is 13.0. The van der Waals surface area contributed by atoms with Gasteiger partial charge >= 0.3 is 6.18 Å². The highest BCUT2D eigenvalue weighted by Gasteiger charge is 2.32. The van der Waals surface area contributed by atoms with Crippen molar-refractivity contribution in [2.24, 2.45) is 5.73 Å². The van der Waals surface area contributed by atoms with Crippen molar-refractivity contribution < 1.29 is 27.8 Å². The molecular formula is C17H9F3N2O3S. The number of hydrogen-bond acceptors (Lipinski definition) is 5. The highest BCUT2D eigenvalue weighted by Crippen LogP contribution is 2.51. The molecule has 1 heterocycles. The lowest BCUT2D eigenvalue weighted by atomic mass is 10.0. The van der Waals surface area contributed by atoms with E-state index in [4.69, 9.17) is 15.7 Å². The molecular weight excluding hydrogens is 369 g/mol. The molecule has 0 bridgehead atoms. The van der Waals surface area contributed by atoms with E-state index in [1.54, 1.807) is 6.07 Å². The Morgan fingerprint density at radius 1 is 1.27 bits per heavy atom. The van der Waals surface area contributed by atoms with Gasteiger partial charge in [0.25, 0.3) is 5.91 Å². The minimum Gasteiger partial charge on any atom is -0.508 e.